The van der Waals surface area contributed by atoms with Gasteiger partial charge in [-0.1, -0.05) is 35.1 Å². The predicted octanol–water partition coefficient (Wildman–Crippen LogP) is 3.05. The van der Waals surface area contributed by atoms with Crippen LogP contribution >= 0.6 is 22.9 Å². The Labute approximate surface area is 190 Å². The lowest BCUT2D eigenvalue weighted by Crippen LogP contribution is -2.56. The van der Waals surface area contributed by atoms with E-state index >= 15 is 0 Å². The maximum atomic E-state index is 14.2. The molecule has 4 heterocycles. The van der Waals surface area contributed by atoms with Gasteiger partial charge in [0.25, 0.3) is 5.91 Å². The largest absolute Gasteiger partial charge is 0.503 e. The third-order valence-electron chi connectivity index (χ3n) is 5.75. The molecule has 1 saturated heterocycles. The van der Waals surface area contributed by atoms with Crippen LogP contribution in [0, 0.1) is 5.82 Å². The SMILES string of the molecule is C[C@H]1CCO[C@@H]2Cn3cc(-c4nnc(Cc5cccc(Cl)c5F)s4)c(=O)c(O)c3C(=O)N12. The van der Waals surface area contributed by atoms with E-state index in [2.05, 4.69) is 10.2 Å². The maximum absolute atomic E-state index is 14.2. The summed E-state index contributed by atoms with van der Waals surface area (Å²) >= 11 is 6.95. The van der Waals surface area contributed by atoms with Crippen LogP contribution in [-0.2, 0) is 17.7 Å². The van der Waals surface area contributed by atoms with Crippen molar-refractivity contribution in [2.45, 2.75) is 38.6 Å². The zero-order chi connectivity index (χ0) is 22.6. The Hall–Kier alpha value is -2.82. The van der Waals surface area contributed by atoms with Gasteiger partial charge in [0.15, 0.2) is 22.7 Å². The molecule has 2 aliphatic heterocycles. The third kappa shape index (κ3) is 3.39. The second-order valence-corrected chi connectivity index (χ2v) is 9.26. The van der Waals surface area contributed by atoms with Gasteiger partial charge in [0.1, 0.15) is 10.8 Å². The summed E-state index contributed by atoms with van der Waals surface area (Å²) in [7, 11) is 0. The summed E-state index contributed by atoms with van der Waals surface area (Å²) in [6.07, 6.45) is 1.87. The highest BCUT2D eigenvalue weighted by molar-refractivity contribution is 7.14. The van der Waals surface area contributed by atoms with Crippen molar-refractivity contribution in [3.63, 3.8) is 0 Å². The van der Waals surface area contributed by atoms with Gasteiger partial charge in [-0.3, -0.25) is 9.59 Å². The smallest absolute Gasteiger partial charge is 0.276 e. The molecule has 1 aromatic carbocycles. The maximum Gasteiger partial charge on any atom is 0.276 e. The molecular formula is C21H18ClFN4O4S. The van der Waals surface area contributed by atoms with Crippen LogP contribution in [0.1, 0.15) is 34.4 Å². The van der Waals surface area contributed by atoms with Crippen molar-refractivity contribution in [3.8, 4) is 16.3 Å². The first-order chi connectivity index (χ1) is 15.3. The number of fused-ring (bicyclic) bond motifs is 2. The molecule has 1 amide bonds. The number of hydrogen-bond acceptors (Lipinski definition) is 7. The summed E-state index contributed by atoms with van der Waals surface area (Å²) in [5.74, 6) is -1.59. The van der Waals surface area contributed by atoms with Crippen LogP contribution in [0.2, 0.25) is 5.02 Å². The molecule has 1 fully saturated rings. The van der Waals surface area contributed by atoms with Gasteiger partial charge in [0.2, 0.25) is 5.43 Å². The Bertz CT molecular complexity index is 1290. The molecule has 2 aliphatic rings. The Kier molecular flexibility index (Phi) is 5.23. The molecular weight excluding hydrogens is 459 g/mol. The van der Waals surface area contributed by atoms with E-state index in [4.69, 9.17) is 16.3 Å². The van der Waals surface area contributed by atoms with Crippen molar-refractivity contribution < 1.29 is 19.0 Å². The number of ether oxygens (including phenoxy) is 1. The Morgan fingerprint density at radius 1 is 1.34 bits per heavy atom. The van der Waals surface area contributed by atoms with E-state index in [-0.39, 0.29) is 40.3 Å². The molecule has 166 valence electrons. The van der Waals surface area contributed by atoms with E-state index in [1.165, 1.54) is 16.8 Å². The topological polar surface area (TPSA) is 97.5 Å². The molecule has 2 atom stereocenters. The van der Waals surface area contributed by atoms with Gasteiger partial charge < -0.3 is 19.3 Å². The molecule has 3 aromatic rings. The first kappa shape index (κ1) is 21.0. The average molecular weight is 477 g/mol. The lowest BCUT2D eigenvalue weighted by molar-refractivity contribution is -0.112. The average Bonchev–Trinajstić information content (AvgIpc) is 3.22. The number of carbonyl (C=O) groups excluding carboxylic acids is 1. The zero-order valence-electron chi connectivity index (χ0n) is 16.9. The number of aromatic hydroxyl groups is 1. The summed E-state index contributed by atoms with van der Waals surface area (Å²) in [4.78, 5) is 27.5. The number of amides is 1. The second-order valence-electron chi connectivity index (χ2n) is 7.79. The first-order valence-electron chi connectivity index (χ1n) is 10.0. The normalized spacial score (nSPS) is 20.2. The van der Waals surface area contributed by atoms with Crippen LogP contribution < -0.4 is 5.43 Å². The number of halogens is 2. The number of carbonyl (C=O) groups is 1. The third-order valence-corrected chi connectivity index (χ3v) is 7.00. The number of aromatic nitrogens is 3. The lowest BCUT2D eigenvalue weighted by atomic mass is 10.1. The Morgan fingerprint density at radius 2 is 2.16 bits per heavy atom. The summed E-state index contributed by atoms with van der Waals surface area (Å²) < 4.78 is 21.5. The fourth-order valence-electron chi connectivity index (χ4n) is 4.09. The van der Waals surface area contributed by atoms with E-state index in [0.29, 0.717) is 23.6 Å². The zero-order valence-corrected chi connectivity index (χ0v) is 18.5. The monoisotopic (exact) mass is 476 g/mol. The summed E-state index contributed by atoms with van der Waals surface area (Å²) in [6.45, 7) is 2.73. The van der Waals surface area contributed by atoms with Crippen molar-refractivity contribution >= 4 is 28.8 Å². The van der Waals surface area contributed by atoms with Crippen LogP contribution in [-0.4, -0.2) is 49.6 Å². The van der Waals surface area contributed by atoms with Gasteiger partial charge in [-0.15, -0.1) is 10.2 Å². The van der Waals surface area contributed by atoms with Gasteiger partial charge in [-0.25, -0.2) is 4.39 Å². The molecule has 0 saturated carbocycles. The molecule has 0 bridgehead atoms. The van der Waals surface area contributed by atoms with E-state index in [1.54, 1.807) is 17.0 Å². The van der Waals surface area contributed by atoms with Crippen LogP contribution in [0.4, 0.5) is 4.39 Å². The predicted molar refractivity (Wildman–Crippen MR) is 115 cm³/mol. The highest BCUT2D eigenvalue weighted by atomic mass is 35.5. The molecule has 11 heteroatoms. The van der Waals surface area contributed by atoms with Crippen LogP contribution in [0.25, 0.3) is 10.6 Å². The molecule has 0 aliphatic carbocycles. The first-order valence-corrected chi connectivity index (χ1v) is 11.2. The lowest BCUT2D eigenvalue weighted by Gasteiger charge is -2.44. The number of rotatable bonds is 3. The summed E-state index contributed by atoms with van der Waals surface area (Å²) in [6, 6.07) is 4.65. The van der Waals surface area contributed by atoms with E-state index in [1.807, 2.05) is 6.92 Å². The molecule has 2 aromatic heterocycles. The quantitative estimate of drug-likeness (QED) is 0.624. The van der Waals surface area contributed by atoms with Crippen LogP contribution in [0.15, 0.2) is 29.2 Å². The minimum absolute atomic E-state index is 0.0167. The number of nitrogens with zero attached hydrogens (tertiary/aromatic N) is 4. The highest BCUT2D eigenvalue weighted by Crippen LogP contribution is 2.32. The molecule has 32 heavy (non-hydrogen) atoms. The van der Waals surface area contributed by atoms with Gasteiger partial charge in [0, 0.05) is 18.7 Å². The molecule has 8 nitrogen and oxygen atoms in total. The van der Waals surface area contributed by atoms with E-state index < -0.39 is 29.1 Å². The summed E-state index contributed by atoms with van der Waals surface area (Å²) in [5.41, 5.74) is -0.283. The minimum atomic E-state index is -0.703. The van der Waals surface area contributed by atoms with Crippen molar-refractivity contribution in [1.82, 2.24) is 19.7 Å². The Morgan fingerprint density at radius 3 is 2.97 bits per heavy atom. The van der Waals surface area contributed by atoms with E-state index in [0.717, 1.165) is 11.3 Å². The molecule has 0 spiro atoms. The van der Waals surface area contributed by atoms with Gasteiger partial charge in [-0.05, 0) is 25.0 Å². The van der Waals surface area contributed by atoms with Gasteiger partial charge in [-0.2, -0.15) is 0 Å². The molecule has 0 radical (unpaired) electrons. The number of pyridine rings is 1. The van der Waals surface area contributed by atoms with Crippen LogP contribution in [0.5, 0.6) is 5.75 Å². The minimum Gasteiger partial charge on any atom is -0.503 e. The second kappa shape index (κ2) is 7.95. The number of benzene rings is 1. The van der Waals surface area contributed by atoms with Crippen molar-refractivity contribution in [2.24, 2.45) is 0 Å². The standard InChI is InChI=1S/C21H18ClFN4O4S/c1-10-5-6-31-15-9-26-8-12(18(28)19(29)17(26)21(30)27(10)15)20-25-24-14(32-20)7-11-3-2-4-13(22)16(11)23/h2-4,8,10,15,29H,5-7,9H2,1H3/t10-,15+/m0/s1. The fraction of sp³-hybridized carbons (Fsp3) is 0.333. The van der Waals surface area contributed by atoms with Crippen molar-refractivity contribution in [2.75, 3.05) is 6.61 Å². The van der Waals surface area contributed by atoms with E-state index in [9.17, 15) is 19.1 Å². The molecule has 0 unspecified atom stereocenters. The van der Waals surface area contributed by atoms with Gasteiger partial charge in [0.05, 0.1) is 23.7 Å². The fourth-order valence-corrected chi connectivity index (χ4v) is 5.16. The highest BCUT2D eigenvalue weighted by Gasteiger charge is 2.40. The van der Waals surface area contributed by atoms with Crippen LogP contribution in [0.3, 0.4) is 0 Å². The van der Waals surface area contributed by atoms with Crippen molar-refractivity contribution in [3.05, 3.63) is 61.7 Å². The molecule has 5 rings (SSSR count). The molecule has 1 N–H and O–H groups in total. The summed E-state index contributed by atoms with van der Waals surface area (Å²) in [5, 5.41) is 19.5. The Balaban J connectivity index is 1.51. The number of hydrogen-bond donors (Lipinski definition) is 1. The van der Waals surface area contributed by atoms with Crippen molar-refractivity contribution in [1.29, 1.82) is 0 Å². The van der Waals surface area contributed by atoms with Gasteiger partial charge >= 0.3 is 0 Å².